The van der Waals surface area contributed by atoms with E-state index < -0.39 is 11.6 Å². The lowest BCUT2D eigenvalue weighted by Crippen LogP contribution is -2.27. The fourth-order valence-corrected chi connectivity index (χ4v) is 3.47. The first-order valence-electron chi connectivity index (χ1n) is 6.74. The number of carbonyl (C=O) groups excluding carboxylic acids is 1. The summed E-state index contributed by atoms with van der Waals surface area (Å²) in [7, 11) is 0. The van der Waals surface area contributed by atoms with E-state index in [4.69, 9.17) is 0 Å². The minimum atomic E-state index is -0.977. The summed E-state index contributed by atoms with van der Waals surface area (Å²) in [5, 5.41) is 0. The summed E-state index contributed by atoms with van der Waals surface area (Å²) in [6, 6.07) is 2.41. The minimum absolute atomic E-state index is 0.0436. The molecule has 2 rings (SSSR count). The molecule has 19 heavy (non-hydrogen) atoms. The molecule has 0 spiro atoms. The molecule has 1 aliphatic rings. The number of Topliss-reactive ketones (excluding diaryl/α,β-unsaturated/α-hetero) is 1. The Kier molecular flexibility index (Phi) is 4.71. The van der Waals surface area contributed by atoms with E-state index in [1.165, 1.54) is 6.07 Å². The molecule has 1 fully saturated rings. The van der Waals surface area contributed by atoms with Gasteiger partial charge in [-0.3, -0.25) is 4.79 Å². The molecule has 1 aromatic rings. The van der Waals surface area contributed by atoms with Crippen molar-refractivity contribution in [2.24, 2.45) is 11.8 Å². The second-order valence-electron chi connectivity index (χ2n) is 5.15. The van der Waals surface area contributed by atoms with Gasteiger partial charge < -0.3 is 0 Å². The SMILES string of the molecule is CCC1CCCCC1C(=O)c1ccc(F)c(F)c1Br. The van der Waals surface area contributed by atoms with Crippen molar-refractivity contribution >= 4 is 21.7 Å². The zero-order chi connectivity index (χ0) is 14.0. The highest BCUT2D eigenvalue weighted by Gasteiger charge is 2.31. The molecule has 0 bridgehead atoms. The molecule has 4 heteroatoms. The van der Waals surface area contributed by atoms with E-state index in [-0.39, 0.29) is 21.7 Å². The molecule has 1 aromatic carbocycles. The molecule has 1 saturated carbocycles. The van der Waals surface area contributed by atoms with Crippen LogP contribution in [0.1, 0.15) is 49.4 Å². The van der Waals surface area contributed by atoms with Crippen LogP contribution in [0.15, 0.2) is 16.6 Å². The van der Waals surface area contributed by atoms with Crippen LogP contribution in [0.4, 0.5) is 8.78 Å². The van der Waals surface area contributed by atoms with Crippen LogP contribution in [-0.2, 0) is 0 Å². The van der Waals surface area contributed by atoms with Gasteiger partial charge in [-0.05, 0) is 46.8 Å². The van der Waals surface area contributed by atoms with Crippen molar-refractivity contribution in [2.75, 3.05) is 0 Å². The Hall–Kier alpha value is -0.770. The summed E-state index contributed by atoms with van der Waals surface area (Å²) in [6.45, 7) is 2.08. The van der Waals surface area contributed by atoms with Crippen molar-refractivity contribution < 1.29 is 13.6 Å². The van der Waals surface area contributed by atoms with Crippen molar-refractivity contribution in [3.8, 4) is 0 Å². The van der Waals surface area contributed by atoms with Gasteiger partial charge in [0, 0.05) is 11.5 Å². The third-order valence-corrected chi connectivity index (χ3v) is 4.85. The fourth-order valence-electron chi connectivity index (χ4n) is 2.96. The lowest BCUT2D eigenvalue weighted by molar-refractivity contribution is 0.0819. The highest BCUT2D eigenvalue weighted by Crippen LogP contribution is 2.36. The van der Waals surface area contributed by atoms with Crippen molar-refractivity contribution in [3.63, 3.8) is 0 Å². The molecule has 0 aromatic heterocycles. The van der Waals surface area contributed by atoms with Crippen LogP contribution < -0.4 is 0 Å². The van der Waals surface area contributed by atoms with Crippen LogP contribution in [0, 0.1) is 23.5 Å². The van der Waals surface area contributed by atoms with Gasteiger partial charge in [0.1, 0.15) is 0 Å². The Balaban J connectivity index is 2.31. The number of hydrogen-bond acceptors (Lipinski definition) is 1. The van der Waals surface area contributed by atoms with Gasteiger partial charge in [-0.2, -0.15) is 0 Å². The number of halogens is 3. The highest BCUT2D eigenvalue weighted by atomic mass is 79.9. The first-order chi connectivity index (χ1) is 9.06. The predicted octanol–water partition coefficient (Wildman–Crippen LogP) is 5.13. The first-order valence-corrected chi connectivity index (χ1v) is 7.53. The van der Waals surface area contributed by atoms with Crippen LogP contribution >= 0.6 is 15.9 Å². The third-order valence-electron chi connectivity index (χ3n) is 4.07. The van der Waals surface area contributed by atoms with Gasteiger partial charge in [-0.25, -0.2) is 8.78 Å². The summed E-state index contributed by atoms with van der Waals surface area (Å²) in [6.07, 6.45) is 5.05. The van der Waals surface area contributed by atoms with Crippen molar-refractivity contribution in [1.82, 2.24) is 0 Å². The first kappa shape index (κ1) is 14.6. The third kappa shape index (κ3) is 2.88. The van der Waals surface area contributed by atoms with E-state index in [0.717, 1.165) is 38.2 Å². The molecule has 1 nitrogen and oxygen atoms in total. The Morgan fingerprint density at radius 2 is 2.00 bits per heavy atom. The Morgan fingerprint density at radius 1 is 1.32 bits per heavy atom. The monoisotopic (exact) mass is 330 g/mol. The van der Waals surface area contributed by atoms with Gasteiger partial charge in [-0.15, -0.1) is 0 Å². The molecular weight excluding hydrogens is 314 g/mol. The van der Waals surface area contributed by atoms with E-state index in [1.807, 2.05) is 0 Å². The van der Waals surface area contributed by atoms with Gasteiger partial charge in [0.25, 0.3) is 0 Å². The molecule has 0 N–H and O–H groups in total. The number of carbonyl (C=O) groups is 1. The molecule has 2 unspecified atom stereocenters. The maximum Gasteiger partial charge on any atom is 0.173 e. The topological polar surface area (TPSA) is 17.1 Å². The van der Waals surface area contributed by atoms with E-state index in [1.54, 1.807) is 0 Å². The van der Waals surface area contributed by atoms with Crippen molar-refractivity contribution in [1.29, 1.82) is 0 Å². The molecule has 0 aliphatic heterocycles. The van der Waals surface area contributed by atoms with Crippen LogP contribution in [0.3, 0.4) is 0 Å². The molecule has 0 saturated heterocycles. The second kappa shape index (κ2) is 6.12. The zero-order valence-corrected chi connectivity index (χ0v) is 12.5. The Morgan fingerprint density at radius 3 is 2.68 bits per heavy atom. The quantitative estimate of drug-likeness (QED) is 0.554. The summed E-state index contributed by atoms with van der Waals surface area (Å²) >= 11 is 3.00. The van der Waals surface area contributed by atoms with Gasteiger partial charge in [-0.1, -0.05) is 26.2 Å². The number of hydrogen-bond donors (Lipinski definition) is 0. The summed E-state index contributed by atoms with van der Waals surface area (Å²) in [5.74, 6) is -1.66. The number of ketones is 1. The van der Waals surface area contributed by atoms with E-state index >= 15 is 0 Å². The van der Waals surface area contributed by atoms with E-state index in [9.17, 15) is 13.6 Å². The smallest absolute Gasteiger partial charge is 0.173 e. The molecule has 0 heterocycles. The fraction of sp³-hybridized carbons (Fsp3) is 0.533. The summed E-state index contributed by atoms with van der Waals surface area (Å²) < 4.78 is 26.6. The molecule has 0 amide bonds. The van der Waals surface area contributed by atoms with Crippen LogP contribution in [0.25, 0.3) is 0 Å². The zero-order valence-electron chi connectivity index (χ0n) is 10.9. The maximum absolute atomic E-state index is 13.5. The molecular formula is C15H17BrF2O. The summed E-state index contributed by atoms with van der Waals surface area (Å²) in [5.41, 5.74) is 0.268. The molecule has 2 atom stereocenters. The van der Waals surface area contributed by atoms with Crippen LogP contribution in [0.5, 0.6) is 0 Å². The Bertz CT molecular complexity index is 487. The second-order valence-corrected chi connectivity index (χ2v) is 5.94. The van der Waals surface area contributed by atoms with Gasteiger partial charge >= 0.3 is 0 Å². The molecule has 1 aliphatic carbocycles. The largest absolute Gasteiger partial charge is 0.294 e. The molecule has 104 valence electrons. The van der Waals surface area contributed by atoms with E-state index in [2.05, 4.69) is 22.9 Å². The van der Waals surface area contributed by atoms with Crippen LogP contribution in [-0.4, -0.2) is 5.78 Å². The average molecular weight is 331 g/mol. The van der Waals surface area contributed by atoms with Gasteiger partial charge in [0.15, 0.2) is 17.4 Å². The normalized spacial score (nSPS) is 23.4. The maximum atomic E-state index is 13.5. The summed E-state index contributed by atoms with van der Waals surface area (Å²) in [4.78, 5) is 12.5. The lowest BCUT2D eigenvalue weighted by atomic mass is 9.74. The standard InChI is InChI=1S/C15H17BrF2O/c1-2-9-5-3-4-6-10(9)15(19)11-7-8-12(17)14(18)13(11)16/h7-10H,2-6H2,1H3. The number of rotatable bonds is 3. The van der Waals surface area contributed by atoms with Crippen molar-refractivity contribution in [2.45, 2.75) is 39.0 Å². The molecule has 0 radical (unpaired) electrons. The number of benzene rings is 1. The van der Waals surface area contributed by atoms with Crippen molar-refractivity contribution in [3.05, 3.63) is 33.8 Å². The van der Waals surface area contributed by atoms with Gasteiger partial charge in [0.2, 0.25) is 0 Å². The van der Waals surface area contributed by atoms with E-state index in [0.29, 0.717) is 5.92 Å². The van der Waals surface area contributed by atoms with Gasteiger partial charge in [0.05, 0.1) is 4.47 Å². The van der Waals surface area contributed by atoms with Crippen LogP contribution in [0.2, 0.25) is 0 Å². The highest BCUT2D eigenvalue weighted by molar-refractivity contribution is 9.10. The predicted molar refractivity (Wildman–Crippen MR) is 74.1 cm³/mol. The Labute approximate surface area is 120 Å². The lowest BCUT2D eigenvalue weighted by Gasteiger charge is -2.30. The average Bonchev–Trinajstić information content (AvgIpc) is 2.44. The minimum Gasteiger partial charge on any atom is -0.294 e.